The second-order valence-corrected chi connectivity index (χ2v) is 10.9. The lowest BCUT2D eigenvalue weighted by atomic mass is 9.73. The number of ether oxygens (including phenoxy) is 1. The molecule has 2 aromatic rings. The maximum atomic E-state index is 12.2. The number of benzene rings is 1. The highest BCUT2D eigenvalue weighted by Crippen LogP contribution is 2.44. The molecule has 1 aliphatic carbocycles. The van der Waals surface area contributed by atoms with E-state index in [-0.39, 0.29) is 0 Å². The normalized spacial score (nSPS) is 29.8. The van der Waals surface area contributed by atoms with Gasteiger partial charge in [0, 0.05) is 17.9 Å². The van der Waals surface area contributed by atoms with Crippen molar-refractivity contribution in [1.29, 1.82) is 4.78 Å². The van der Waals surface area contributed by atoms with Crippen molar-refractivity contribution in [2.24, 2.45) is 5.92 Å². The van der Waals surface area contributed by atoms with Crippen molar-refractivity contribution in [2.45, 2.75) is 62.4 Å². The molecule has 28 heavy (non-hydrogen) atoms. The van der Waals surface area contributed by atoms with E-state index in [1.54, 1.807) is 6.33 Å². The smallest absolute Gasteiger partial charge is 0.122 e. The Bertz CT molecular complexity index is 1010. The number of nitrogens with zero attached hydrogens (tertiary/aromatic N) is 2. The van der Waals surface area contributed by atoms with Crippen molar-refractivity contribution in [3.63, 3.8) is 0 Å². The highest BCUT2D eigenvalue weighted by molar-refractivity contribution is 7.91. The molecule has 1 fully saturated rings. The van der Waals surface area contributed by atoms with Crippen LogP contribution in [-0.2, 0) is 27.7 Å². The fourth-order valence-electron chi connectivity index (χ4n) is 5.23. The molecule has 148 valence electrons. The van der Waals surface area contributed by atoms with E-state index in [9.17, 15) is 4.21 Å². The van der Waals surface area contributed by atoms with Crippen LogP contribution in [0, 0.1) is 10.7 Å². The second-order valence-electron chi connectivity index (χ2n) is 8.65. The molecular formula is C22H27N3O2S. The standard InChI is InChI=1S/C22H27N3O2S/c1-14(18-7-4-16-8-9-27-21(16)10-18)15-2-5-17(6-3-15)22-19-11-28(23,26)12-20(19)24-13-25-22/h4,7,10,13-15,17,23H,2-3,5-6,8-9,11-12H2,1H3. The predicted molar refractivity (Wildman–Crippen MR) is 109 cm³/mol. The maximum absolute atomic E-state index is 12.2. The van der Waals surface area contributed by atoms with Gasteiger partial charge in [-0.3, -0.25) is 4.78 Å². The molecule has 1 saturated carbocycles. The van der Waals surface area contributed by atoms with Crippen LogP contribution in [0.3, 0.4) is 0 Å². The minimum atomic E-state index is -2.55. The van der Waals surface area contributed by atoms with Crippen molar-refractivity contribution in [3.05, 3.63) is 52.6 Å². The highest BCUT2D eigenvalue weighted by atomic mass is 32.2. The fourth-order valence-corrected chi connectivity index (χ4v) is 6.81. The SMILES string of the molecule is CC(c1ccc2c(c1)OCC2)C1CCC(c2ncnc3c2CS(=N)(=O)C3)CC1. The summed E-state index contributed by atoms with van der Waals surface area (Å²) >= 11 is 0. The van der Waals surface area contributed by atoms with Gasteiger partial charge in [-0.2, -0.15) is 0 Å². The average molecular weight is 398 g/mol. The molecule has 0 radical (unpaired) electrons. The third-order valence-corrected chi connectivity index (χ3v) is 8.42. The molecule has 1 aromatic carbocycles. The first-order valence-electron chi connectivity index (χ1n) is 10.3. The van der Waals surface area contributed by atoms with Gasteiger partial charge in [-0.05, 0) is 54.7 Å². The summed E-state index contributed by atoms with van der Waals surface area (Å²) in [7, 11) is -2.55. The number of fused-ring (bicyclic) bond motifs is 2. The minimum Gasteiger partial charge on any atom is -0.493 e. The summed E-state index contributed by atoms with van der Waals surface area (Å²) in [5.41, 5.74) is 5.65. The average Bonchev–Trinajstić information content (AvgIpc) is 3.28. The first-order chi connectivity index (χ1) is 13.5. The Hall–Kier alpha value is -1.95. The van der Waals surface area contributed by atoms with Gasteiger partial charge < -0.3 is 4.74 Å². The Morgan fingerprint density at radius 2 is 2.00 bits per heavy atom. The molecule has 3 heterocycles. The lowest BCUT2D eigenvalue weighted by Gasteiger charge is -2.33. The summed E-state index contributed by atoms with van der Waals surface area (Å²) < 4.78 is 26.0. The molecule has 5 nitrogen and oxygen atoms in total. The molecule has 2 aliphatic heterocycles. The van der Waals surface area contributed by atoms with Gasteiger partial charge in [-0.15, -0.1) is 0 Å². The third kappa shape index (κ3) is 3.21. The lowest BCUT2D eigenvalue weighted by Crippen LogP contribution is -2.20. The summed E-state index contributed by atoms with van der Waals surface area (Å²) in [5.74, 6) is 3.32. The Morgan fingerprint density at radius 1 is 1.18 bits per heavy atom. The van der Waals surface area contributed by atoms with Crippen LogP contribution in [0.25, 0.3) is 0 Å². The zero-order valence-corrected chi connectivity index (χ0v) is 17.1. The molecule has 0 bridgehead atoms. The van der Waals surface area contributed by atoms with Gasteiger partial charge in [0.2, 0.25) is 0 Å². The highest BCUT2D eigenvalue weighted by Gasteiger charge is 2.33. The molecule has 1 N–H and O–H groups in total. The molecule has 6 heteroatoms. The van der Waals surface area contributed by atoms with E-state index in [0.29, 0.717) is 29.3 Å². The predicted octanol–water partition coefficient (Wildman–Crippen LogP) is 4.55. The summed E-state index contributed by atoms with van der Waals surface area (Å²) in [6.45, 7) is 3.16. The van der Waals surface area contributed by atoms with Crippen molar-refractivity contribution in [2.75, 3.05) is 6.61 Å². The molecule has 5 rings (SSSR count). The largest absolute Gasteiger partial charge is 0.493 e. The van der Waals surface area contributed by atoms with Crippen LogP contribution < -0.4 is 4.74 Å². The van der Waals surface area contributed by atoms with Crippen molar-refractivity contribution in [1.82, 2.24) is 9.97 Å². The van der Waals surface area contributed by atoms with Gasteiger partial charge in [-0.25, -0.2) is 14.2 Å². The summed E-state index contributed by atoms with van der Waals surface area (Å²) in [5, 5.41) is 0. The van der Waals surface area contributed by atoms with Gasteiger partial charge in [-0.1, -0.05) is 19.1 Å². The van der Waals surface area contributed by atoms with Crippen molar-refractivity contribution >= 4 is 9.73 Å². The molecule has 0 amide bonds. The van der Waals surface area contributed by atoms with Crippen molar-refractivity contribution in [3.8, 4) is 5.75 Å². The fraction of sp³-hybridized carbons (Fsp3) is 0.545. The molecule has 1 aromatic heterocycles. The maximum Gasteiger partial charge on any atom is 0.122 e. The van der Waals surface area contributed by atoms with Crippen LogP contribution in [0.1, 0.15) is 72.5 Å². The van der Waals surface area contributed by atoms with Crippen LogP contribution in [0.15, 0.2) is 24.5 Å². The van der Waals surface area contributed by atoms with Gasteiger partial charge >= 0.3 is 0 Å². The molecule has 0 saturated heterocycles. The first kappa shape index (κ1) is 18.1. The van der Waals surface area contributed by atoms with Gasteiger partial charge in [0.25, 0.3) is 0 Å². The van der Waals surface area contributed by atoms with E-state index in [2.05, 4.69) is 35.1 Å². The summed E-state index contributed by atoms with van der Waals surface area (Å²) in [4.78, 5) is 8.87. The number of hydrogen-bond donors (Lipinski definition) is 1. The van der Waals surface area contributed by atoms with E-state index in [0.717, 1.165) is 48.6 Å². The number of aromatic nitrogens is 2. The monoisotopic (exact) mass is 397 g/mol. The van der Waals surface area contributed by atoms with Crippen LogP contribution in [0.5, 0.6) is 5.75 Å². The lowest BCUT2D eigenvalue weighted by molar-refractivity contribution is 0.287. The van der Waals surface area contributed by atoms with Crippen LogP contribution >= 0.6 is 0 Å². The van der Waals surface area contributed by atoms with E-state index in [1.165, 1.54) is 24.0 Å². The topological polar surface area (TPSA) is 75.9 Å². The zero-order chi connectivity index (χ0) is 19.3. The van der Waals surface area contributed by atoms with Gasteiger partial charge in [0.05, 0.1) is 39.2 Å². The van der Waals surface area contributed by atoms with E-state index in [4.69, 9.17) is 9.52 Å². The van der Waals surface area contributed by atoms with Gasteiger partial charge in [0.1, 0.15) is 12.1 Å². The molecular weight excluding hydrogens is 370 g/mol. The van der Waals surface area contributed by atoms with Gasteiger partial charge in [0.15, 0.2) is 0 Å². The van der Waals surface area contributed by atoms with Crippen molar-refractivity contribution < 1.29 is 8.95 Å². The molecule has 2 unspecified atom stereocenters. The second kappa shape index (κ2) is 6.83. The number of hydrogen-bond acceptors (Lipinski definition) is 5. The summed E-state index contributed by atoms with van der Waals surface area (Å²) in [6, 6.07) is 6.77. The van der Waals surface area contributed by atoms with Crippen LogP contribution in [0.4, 0.5) is 0 Å². The first-order valence-corrected chi connectivity index (χ1v) is 12.2. The Balaban J connectivity index is 1.29. The number of nitrogens with one attached hydrogen (secondary N) is 1. The molecule has 2 atom stereocenters. The van der Waals surface area contributed by atoms with E-state index >= 15 is 0 Å². The zero-order valence-electron chi connectivity index (χ0n) is 16.3. The molecule has 0 spiro atoms. The van der Waals surface area contributed by atoms with Crippen LogP contribution in [0.2, 0.25) is 0 Å². The third-order valence-electron chi connectivity index (χ3n) is 6.93. The number of rotatable bonds is 3. The Labute approximate surface area is 166 Å². The van der Waals surface area contributed by atoms with E-state index in [1.807, 2.05) is 0 Å². The Kier molecular flexibility index (Phi) is 4.42. The van der Waals surface area contributed by atoms with E-state index < -0.39 is 9.73 Å². The minimum absolute atomic E-state index is 0.296. The summed E-state index contributed by atoms with van der Waals surface area (Å²) in [6.07, 6.45) is 7.22. The Morgan fingerprint density at radius 3 is 2.82 bits per heavy atom. The molecule has 3 aliphatic rings. The quantitative estimate of drug-likeness (QED) is 0.824. The van der Waals surface area contributed by atoms with Crippen LogP contribution in [-0.4, -0.2) is 20.8 Å².